The van der Waals surface area contributed by atoms with Gasteiger partial charge in [0, 0.05) is 17.5 Å². The van der Waals surface area contributed by atoms with Crippen LogP contribution in [0.1, 0.15) is 38.7 Å². The van der Waals surface area contributed by atoms with E-state index in [0.717, 1.165) is 12.8 Å². The molecule has 0 saturated heterocycles. The molecule has 112 valence electrons. The molecule has 2 rings (SSSR count). The molecule has 0 aromatic heterocycles. The number of rotatable bonds is 3. The van der Waals surface area contributed by atoms with E-state index in [1.807, 2.05) is 13.8 Å². The second-order valence-corrected chi connectivity index (χ2v) is 6.69. The maximum atomic E-state index is 13.9. The summed E-state index contributed by atoms with van der Waals surface area (Å²) in [7, 11) is 0. The van der Waals surface area contributed by atoms with Gasteiger partial charge in [0.1, 0.15) is 11.6 Å². The summed E-state index contributed by atoms with van der Waals surface area (Å²) in [6.07, 6.45) is 1.99. The number of hydrogen-bond donors (Lipinski definition) is 2. The lowest BCUT2D eigenvalue weighted by Gasteiger charge is -2.49. The third kappa shape index (κ3) is 2.59. The van der Waals surface area contributed by atoms with Crippen LogP contribution in [-0.4, -0.2) is 17.8 Å². The largest absolute Gasteiger partial charge is 0.392 e. The van der Waals surface area contributed by atoms with Crippen molar-refractivity contribution in [2.45, 2.75) is 45.6 Å². The van der Waals surface area contributed by atoms with Gasteiger partial charge in [0.2, 0.25) is 0 Å². The van der Waals surface area contributed by atoms with Crippen molar-refractivity contribution in [3.05, 3.63) is 35.4 Å². The summed E-state index contributed by atoms with van der Waals surface area (Å²) in [6, 6.07) is 3.86. The van der Waals surface area contributed by atoms with E-state index in [0.29, 0.717) is 6.42 Å². The zero-order chi connectivity index (χ0) is 15.0. The quantitative estimate of drug-likeness (QED) is 0.895. The van der Waals surface area contributed by atoms with Gasteiger partial charge in [0.25, 0.3) is 0 Å². The lowest BCUT2D eigenvalue weighted by molar-refractivity contribution is -0.0890. The molecule has 0 amide bonds. The van der Waals surface area contributed by atoms with Crippen LogP contribution in [0.25, 0.3) is 0 Å². The second kappa shape index (κ2) is 5.41. The Morgan fingerprint density at radius 3 is 2.40 bits per heavy atom. The molecule has 0 spiro atoms. The number of benzene rings is 1. The van der Waals surface area contributed by atoms with Crippen molar-refractivity contribution in [3.8, 4) is 0 Å². The zero-order valence-corrected chi connectivity index (χ0v) is 12.1. The van der Waals surface area contributed by atoms with E-state index in [1.54, 1.807) is 0 Å². The Labute approximate surface area is 119 Å². The van der Waals surface area contributed by atoms with Gasteiger partial charge in [-0.2, -0.15) is 0 Å². The molecule has 4 heteroatoms. The van der Waals surface area contributed by atoms with Crippen molar-refractivity contribution in [2.75, 3.05) is 6.54 Å². The fourth-order valence-electron chi connectivity index (χ4n) is 3.52. The highest BCUT2D eigenvalue weighted by molar-refractivity contribution is 5.22. The van der Waals surface area contributed by atoms with Crippen molar-refractivity contribution < 1.29 is 13.9 Å². The zero-order valence-electron chi connectivity index (χ0n) is 12.1. The number of hydrogen-bond acceptors (Lipinski definition) is 2. The van der Waals surface area contributed by atoms with Crippen LogP contribution < -0.4 is 5.73 Å². The van der Waals surface area contributed by atoms with E-state index in [4.69, 9.17) is 5.73 Å². The van der Waals surface area contributed by atoms with Gasteiger partial charge in [0.05, 0.1) is 6.10 Å². The van der Waals surface area contributed by atoms with E-state index in [1.165, 1.54) is 18.2 Å². The molecule has 1 saturated carbocycles. The molecule has 2 unspecified atom stereocenters. The van der Waals surface area contributed by atoms with Crippen LogP contribution in [-0.2, 0) is 6.42 Å². The van der Waals surface area contributed by atoms with Crippen LogP contribution in [0.2, 0.25) is 0 Å². The Morgan fingerprint density at radius 2 is 1.85 bits per heavy atom. The van der Waals surface area contributed by atoms with E-state index >= 15 is 0 Å². The van der Waals surface area contributed by atoms with Crippen molar-refractivity contribution in [3.63, 3.8) is 0 Å². The summed E-state index contributed by atoms with van der Waals surface area (Å²) in [4.78, 5) is 0. The van der Waals surface area contributed by atoms with Crippen molar-refractivity contribution in [2.24, 2.45) is 16.6 Å². The van der Waals surface area contributed by atoms with Crippen LogP contribution in [0, 0.1) is 22.5 Å². The van der Waals surface area contributed by atoms with Crippen LogP contribution in [0.3, 0.4) is 0 Å². The maximum absolute atomic E-state index is 13.9. The van der Waals surface area contributed by atoms with Gasteiger partial charge < -0.3 is 10.8 Å². The van der Waals surface area contributed by atoms with Crippen molar-refractivity contribution in [1.29, 1.82) is 0 Å². The molecule has 2 nitrogen and oxygen atoms in total. The fourth-order valence-corrected chi connectivity index (χ4v) is 3.52. The third-order valence-electron chi connectivity index (χ3n) is 4.81. The molecule has 0 bridgehead atoms. The van der Waals surface area contributed by atoms with Crippen molar-refractivity contribution >= 4 is 0 Å². The lowest BCUT2D eigenvalue weighted by Crippen LogP contribution is -2.53. The van der Waals surface area contributed by atoms with Crippen LogP contribution in [0.4, 0.5) is 8.78 Å². The molecule has 0 heterocycles. The minimum atomic E-state index is -0.659. The van der Waals surface area contributed by atoms with E-state index in [2.05, 4.69) is 0 Å². The van der Waals surface area contributed by atoms with Gasteiger partial charge in [-0.15, -0.1) is 0 Å². The molecule has 3 N–H and O–H groups in total. The van der Waals surface area contributed by atoms with E-state index < -0.39 is 23.2 Å². The summed E-state index contributed by atoms with van der Waals surface area (Å²) >= 11 is 0. The van der Waals surface area contributed by atoms with Gasteiger partial charge in [-0.05, 0) is 36.8 Å². The van der Waals surface area contributed by atoms with E-state index in [9.17, 15) is 13.9 Å². The summed E-state index contributed by atoms with van der Waals surface area (Å²) in [5, 5.41) is 10.7. The van der Waals surface area contributed by atoms with Gasteiger partial charge in [-0.25, -0.2) is 8.78 Å². The summed E-state index contributed by atoms with van der Waals surface area (Å²) in [6.45, 7) is 4.20. The first-order valence-electron chi connectivity index (χ1n) is 7.13. The Morgan fingerprint density at radius 1 is 1.25 bits per heavy atom. The van der Waals surface area contributed by atoms with Gasteiger partial charge in [-0.1, -0.05) is 26.3 Å². The maximum Gasteiger partial charge on any atom is 0.129 e. The highest BCUT2D eigenvalue weighted by atomic mass is 19.1. The molecule has 1 aromatic rings. The molecule has 20 heavy (non-hydrogen) atoms. The highest BCUT2D eigenvalue weighted by Gasteiger charge is 2.48. The highest BCUT2D eigenvalue weighted by Crippen LogP contribution is 2.48. The van der Waals surface area contributed by atoms with E-state index in [-0.39, 0.29) is 23.9 Å². The second-order valence-electron chi connectivity index (χ2n) is 6.69. The first kappa shape index (κ1) is 15.4. The summed E-state index contributed by atoms with van der Waals surface area (Å²) in [5.74, 6) is -1.12. The molecule has 1 aliphatic carbocycles. The Kier molecular flexibility index (Phi) is 4.17. The topological polar surface area (TPSA) is 46.2 Å². The van der Waals surface area contributed by atoms with Crippen LogP contribution in [0.15, 0.2) is 18.2 Å². The summed E-state index contributed by atoms with van der Waals surface area (Å²) in [5.41, 5.74) is 5.00. The smallest absolute Gasteiger partial charge is 0.129 e. The molecule has 0 radical (unpaired) electrons. The minimum Gasteiger partial charge on any atom is -0.392 e. The average Bonchev–Trinajstić information content (AvgIpc) is 2.39. The average molecular weight is 283 g/mol. The Balaban J connectivity index is 2.37. The molecule has 0 aliphatic heterocycles. The predicted octanol–water partition coefficient (Wildman–Crippen LogP) is 3.02. The van der Waals surface area contributed by atoms with Crippen molar-refractivity contribution in [1.82, 2.24) is 0 Å². The first-order valence-corrected chi connectivity index (χ1v) is 7.13. The molecule has 1 aromatic carbocycles. The molecular weight excluding hydrogens is 260 g/mol. The Bertz CT molecular complexity index is 469. The number of halogens is 2. The minimum absolute atomic E-state index is 0.0368. The number of aliphatic hydroxyl groups is 1. The monoisotopic (exact) mass is 283 g/mol. The first-order chi connectivity index (χ1) is 9.32. The van der Waals surface area contributed by atoms with Crippen LogP contribution >= 0.6 is 0 Å². The molecule has 1 aliphatic rings. The molecule has 1 fully saturated rings. The number of aliphatic hydroxyl groups excluding tert-OH is 1. The number of nitrogens with two attached hydrogens (primary N) is 1. The molecular formula is C16H23F2NO. The lowest BCUT2D eigenvalue weighted by atomic mass is 9.59. The predicted molar refractivity (Wildman–Crippen MR) is 75.2 cm³/mol. The Hall–Kier alpha value is -1.00. The standard InChI is InChI=1S/C16H23F2NO/c1-15(2)7-4-8-16(10-19,14(15)20)9-11-12(17)5-3-6-13(11)18/h3,5-6,14,20H,4,7-10,19H2,1-2H3. The van der Waals surface area contributed by atoms with Gasteiger partial charge in [-0.3, -0.25) is 0 Å². The normalized spacial score (nSPS) is 29.4. The van der Waals surface area contributed by atoms with Gasteiger partial charge in [0.15, 0.2) is 0 Å². The third-order valence-corrected chi connectivity index (χ3v) is 4.81. The molecule has 2 atom stereocenters. The van der Waals surface area contributed by atoms with Gasteiger partial charge >= 0.3 is 0 Å². The summed E-state index contributed by atoms with van der Waals surface area (Å²) < 4.78 is 27.7. The SMILES string of the molecule is CC1(C)CCCC(CN)(Cc2c(F)cccc2F)C1O. The van der Waals surface area contributed by atoms with Crippen LogP contribution in [0.5, 0.6) is 0 Å². The fraction of sp³-hybridized carbons (Fsp3) is 0.625.